The van der Waals surface area contributed by atoms with Crippen molar-refractivity contribution in [2.75, 3.05) is 31.1 Å². The zero-order chi connectivity index (χ0) is 29.7. The van der Waals surface area contributed by atoms with Crippen molar-refractivity contribution in [2.45, 2.75) is 63.6 Å². The number of aromatic nitrogens is 2. The minimum atomic E-state index is -3.65. The van der Waals surface area contributed by atoms with Crippen molar-refractivity contribution in [3.63, 3.8) is 0 Å². The summed E-state index contributed by atoms with van der Waals surface area (Å²) in [5.74, 6) is -0.570. The molecule has 1 aromatic carbocycles. The molecular formula is C30H41FN4O5S. The highest BCUT2D eigenvalue weighted by Crippen LogP contribution is 2.27. The predicted octanol–water partition coefficient (Wildman–Crippen LogP) is 4.15. The molecule has 9 nitrogen and oxygen atoms in total. The topological polar surface area (TPSA) is 105 Å². The molecule has 4 rings (SSSR count). The lowest BCUT2D eigenvalue weighted by atomic mass is 9.93. The molecule has 0 unspecified atom stereocenters. The lowest BCUT2D eigenvalue weighted by Crippen LogP contribution is -2.48. The van der Waals surface area contributed by atoms with Crippen LogP contribution in [0.4, 0.5) is 10.1 Å². The van der Waals surface area contributed by atoms with Crippen LogP contribution in [0.2, 0.25) is 0 Å². The molecule has 11 heteroatoms. The molecule has 1 saturated heterocycles. The minimum absolute atomic E-state index is 0.0560. The van der Waals surface area contributed by atoms with Crippen molar-refractivity contribution in [2.24, 2.45) is 18.9 Å². The molecule has 1 aromatic heterocycles. The number of benzene rings is 1. The van der Waals surface area contributed by atoms with Crippen molar-refractivity contribution in [1.82, 2.24) is 14.1 Å². The van der Waals surface area contributed by atoms with Gasteiger partial charge >= 0.3 is 5.97 Å². The van der Waals surface area contributed by atoms with E-state index in [1.54, 1.807) is 7.05 Å². The van der Waals surface area contributed by atoms with Gasteiger partial charge in [-0.1, -0.05) is 32.1 Å². The van der Waals surface area contributed by atoms with Crippen molar-refractivity contribution >= 4 is 27.8 Å². The van der Waals surface area contributed by atoms with Crippen molar-refractivity contribution in [3.8, 4) is 0 Å². The molecule has 0 radical (unpaired) electrons. The van der Waals surface area contributed by atoms with Gasteiger partial charge in [-0.25, -0.2) is 12.8 Å². The van der Waals surface area contributed by atoms with E-state index in [0.29, 0.717) is 36.7 Å². The van der Waals surface area contributed by atoms with Crippen LogP contribution < -0.4 is 4.90 Å². The monoisotopic (exact) mass is 588 g/mol. The third-order valence-corrected chi connectivity index (χ3v) is 9.63. The first-order chi connectivity index (χ1) is 19.4. The van der Waals surface area contributed by atoms with Gasteiger partial charge in [0.2, 0.25) is 10.0 Å². The highest BCUT2D eigenvalue weighted by Gasteiger charge is 2.30. The predicted molar refractivity (Wildman–Crippen MR) is 156 cm³/mol. The van der Waals surface area contributed by atoms with Crippen LogP contribution in [-0.2, 0) is 26.6 Å². The second-order valence-corrected chi connectivity index (χ2v) is 13.3. The second kappa shape index (κ2) is 13.3. The number of aryl methyl sites for hydroxylation is 1. The van der Waals surface area contributed by atoms with Crippen LogP contribution in [0.15, 0.2) is 53.2 Å². The summed E-state index contributed by atoms with van der Waals surface area (Å²) in [4.78, 5) is 14.8. The summed E-state index contributed by atoms with van der Waals surface area (Å²) in [6, 6.07) is 4.74. The number of cyclic esters (lactones) is 1. The largest absolute Gasteiger partial charge is 0.457 e. The van der Waals surface area contributed by atoms with Crippen LogP contribution in [-0.4, -0.2) is 72.0 Å². The van der Waals surface area contributed by atoms with Gasteiger partial charge in [0.25, 0.3) is 0 Å². The number of ether oxygens (including phenoxy) is 1. The van der Waals surface area contributed by atoms with Gasteiger partial charge in [0, 0.05) is 51.0 Å². The summed E-state index contributed by atoms with van der Waals surface area (Å²) in [6.07, 6.45) is 9.72. The molecule has 1 fully saturated rings. The first kappa shape index (κ1) is 30.9. The Morgan fingerprint density at radius 2 is 1.88 bits per heavy atom. The molecule has 0 aliphatic carbocycles. The maximum atomic E-state index is 14.8. The second-order valence-electron chi connectivity index (χ2n) is 11.3. The number of nitrogens with zero attached hydrogens (tertiary/aromatic N) is 4. The Morgan fingerprint density at radius 3 is 2.56 bits per heavy atom. The Balaban J connectivity index is 1.50. The van der Waals surface area contributed by atoms with E-state index < -0.39 is 34.0 Å². The lowest BCUT2D eigenvalue weighted by molar-refractivity contribution is -0.151. The number of anilines is 1. The normalized spacial score (nSPS) is 26.6. The van der Waals surface area contributed by atoms with E-state index in [1.165, 1.54) is 33.5 Å². The van der Waals surface area contributed by atoms with Gasteiger partial charge in [-0.15, -0.1) is 0 Å². The Morgan fingerprint density at radius 1 is 1.15 bits per heavy atom. The number of sulfonamides is 1. The van der Waals surface area contributed by atoms with E-state index in [0.717, 1.165) is 18.4 Å². The summed E-state index contributed by atoms with van der Waals surface area (Å²) in [6.45, 7) is 7.33. The van der Waals surface area contributed by atoms with Crippen LogP contribution in [0.5, 0.6) is 0 Å². The van der Waals surface area contributed by atoms with E-state index in [4.69, 9.17) is 4.74 Å². The number of hydrogen-bond acceptors (Lipinski definition) is 7. The number of rotatable bonds is 5. The molecule has 4 atom stereocenters. The zero-order valence-electron chi connectivity index (χ0n) is 24.2. The fourth-order valence-electron chi connectivity index (χ4n) is 5.40. The lowest BCUT2D eigenvalue weighted by Gasteiger charge is -2.35. The molecule has 2 aromatic rings. The molecule has 2 aliphatic heterocycles. The highest BCUT2D eigenvalue weighted by atomic mass is 32.2. The number of aliphatic hydroxyl groups is 1. The van der Waals surface area contributed by atoms with E-state index in [1.807, 2.05) is 30.9 Å². The Labute approximate surface area is 242 Å². The quantitative estimate of drug-likeness (QED) is 0.413. The Bertz CT molecular complexity index is 1380. The molecule has 1 N–H and O–H groups in total. The molecule has 41 heavy (non-hydrogen) atoms. The maximum absolute atomic E-state index is 14.8. The number of aliphatic hydroxyl groups excluding tert-OH is 1. The smallest absolute Gasteiger partial charge is 0.309 e. The maximum Gasteiger partial charge on any atom is 0.309 e. The van der Waals surface area contributed by atoms with Gasteiger partial charge < -0.3 is 14.7 Å². The van der Waals surface area contributed by atoms with E-state index in [-0.39, 0.29) is 30.3 Å². The molecule has 0 amide bonds. The molecule has 224 valence electrons. The molecule has 2 aliphatic rings. The summed E-state index contributed by atoms with van der Waals surface area (Å²) in [7, 11) is -1.98. The number of carbonyl (C=O) groups is 1. The van der Waals surface area contributed by atoms with Crippen molar-refractivity contribution in [3.05, 3.63) is 59.7 Å². The number of hydrogen-bond donors (Lipinski definition) is 1. The van der Waals surface area contributed by atoms with Crippen LogP contribution in [0, 0.1) is 17.7 Å². The third kappa shape index (κ3) is 8.05. The average molecular weight is 589 g/mol. The summed E-state index contributed by atoms with van der Waals surface area (Å²) >= 11 is 0. The molecular weight excluding hydrogens is 547 g/mol. The van der Waals surface area contributed by atoms with Gasteiger partial charge in [-0.05, 0) is 61.4 Å². The first-order valence-electron chi connectivity index (χ1n) is 14.2. The van der Waals surface area contributed by atoms with E-state index in [2.05, 4.69) is 24.2 Å². The average Bonchev–Trinajstić information content (AvgIpc) is 3.36. The van der Waals surface area contributed by atoms with Crippen LogP contribution >= 0.6 is 0 Å². The minimum Gasteiger partial charge on any atom is -0.457 e. The molecule has 3 heterocycles. The standard InChI is InChI=1S/C30H41FN4O5S/c1-21-6-5-7-22(2)30(40-29(37)18-27(36)9-8-21)23(3)14-24-15-25(31)17-26(16-24)34-10-12-35(13-11-34)41(38,39)28-19-32-33(4)20-28/h5,7,14-17,19-22,27,30,36H,6,8-13,18H2,1-4H3/b7-5+,23-14+/t21-,22+,27-,30+/m1/s1. The van der Waals surface area contributed by atoms with Gasteiger partial charge in [0.05, 0.1) is 18.7 Å². The summed E-state index contributed by atoms with van der Waals surface area (Å²) in [5.41, 5.74) is 2.04. The Kier molecular flexibility index (Phi) is 10.0. The summed E-state index contributed by atoms with van der Waals surface area (Å²) in [5, 5.41) is 14.3. The van der Waals surface area contributed by atoms with Crippen LogP contribution in [0.25, 0.3) is 6.08 Å². The van der Waals surface area contributed by atoms with Crippen LogP contribution in [0.1, 0.15) is 52.0 Å². The number of carbonyl (C=O) groups excluding carboxylic acids is 1. The van der Waals surface area contributed by atoms with E-state index >= 15 is 0 Å². The van der Waals surface area contributed by atoms with Gasteiger partial charge in [-0.2, -0.15) is 9.40 Å². The van der Waals surface area contributed by atoms with Gasteiger partial charge in [0.1, 0.15) is 16.8 Å². The molecule has 0 saturated carbocycles. The van der Waals surface area contributed by atoms with Crippen molar-refractivity contribution < 1.29 is 27.4 Å². The SMILES string of the molecule is C/C(=C\c1cc(F)cc(N2CCN(S(=O)(=O)c3cnn(C)c3)CC2)c1)[C@H]1OC(=O)C[C@H](O)CC[C@H](C)C/C=C/[C@@H]1C. The fraction of sp³-hybridized carbons (Fsp3) is 0.533. The third-order valence-electron chi connectivity index (χ3n) is 7.78. The number of esters is 1. The fourth-order valence-corrected chi connectivity index (χ4v) is 6.80. The molecule has 0 bridgehead atoms. The van der Waals surface area contributed by atoms with Crippen molar-refractivity contribution in [1.29, 1.82) is 0 Å². The zero-order valence-corrected chi connectivity index (χ0v) is 25.1. The highest BCUT2D eigenvalue weighted by molar-refractivity contribution is 7.89. The number of halogens is 1. The van der Waals surface area contributed by atoms with Gasteiger partial charge in [-0.3, -0.25) is 9.48 Å². The van der Waals surface area contributed by atoms with Crippen LogP contribution in [0.3, 0.4) is 0 Å². The number of piperazine rings is 1. The van der Waals surface area contributed by atoms with E-state index in [9.17, 15) is 22.7 Å². The van der Waals surface area contributed by atoms with Gasteiger partial charge in [0.15, 0.2) is 0 Å². The first-order valence-corrected chi connectivity index (χ1v) is 15.6. The number of allylic oxidation sites excluding steroid dienone is 1. The molecule has 0 spiro atoms. The Hall–Kier alpha value is -3.02. The summed E-state index contributed by atoms with van der Waals surface area (Å²) < 4.78 is 49.4.